The zero-order valence-corrected chi connectivity index (χ0v) is 19.8. The van der Waals surface area contributed by atoms with E-state index in [1.54, 1.807) is 4.90 Å². The molecule has 2 aromatic carbocycles. The van der Waals surface area contributed by atoms with Crippen LogP contribution in [0.1, 0.15) is 36.0 Å². The molecule has 0 bridgehead atoms. The van der Waals surface area contributed by atoms with Crippen LogP contribution in [0.4, 0.5) is 5.69 Å². The summed E-state index contributed by atoms with van der Waals surface area (Å²) in [5.41, 5.74) is 4.40. The maximum absolute atomic E-state index is 13.1. The number of amides is 2. The summed E-state index contributed by atoms with van der Waals surface area (Å²) >= 11 is 0. The quantitative estimate of drug-likeness (QED) is 0.589. The largest absolute Gasteiger partial charge is 0.340 e. The van der Waals surface area contributed by atoms with E-state index >= 15 is 0 Å². The highest BCUT2D eigenvalue weighted by molar-refractivity contribution is 5.95. The highest BCUT2D eigenvalue weighted by Crippen LogP contribution is 2.20. The van der Waals surface area contributed by atoms with Crippen molar-refractivity contribution in [1.29, 1.82) is 5.26 Å². The van der Waals surface area contributed by atoms with Gasteiger partial charge in [-0.05, 0) is 55.5 Å². The van der Waals surface area contributed by atoms with Gasteiger partial charge in [0.1, 0.15) is 0 Å². The molecule has 1 aliphatic rings. The Hall–Kier alpha value is -3.17. The van der Waals surface area contributed by atoms with Crippen LogP contribution in [0.2, 0.25) is 0 Å². The zero-order chi connectivity index (χ0) is 23.6. The van der Waals surface area contributed by atoms with E-state index in [0.29, 0.717) is 52.1 Å². The molecule has 174 valence electrons. The van der Waals surface area contributed by atoms with Gasteiger partial charge in [0.25, 0.3) is 0 Å². The standard InChI is InChI=1S/C27H34N4O2/c1-22-12-13-25(20-23(22)2)31(15-7-14-28)27(33)21-29-16-18-30(19-17-29)26(32)11-6-10-24-8-4-3-5-9-24/h3-5,8-9,12-13,20H,6-7,10-11,15-19,21H2,1-2H3. The number of carbonyl (C=O) groups is 2. The fourth-order valence-electron chi connectivity index (χ4n) is 4.13. The number of hydrogen-bond acceptors (Lipinski definition) is 4. The van der Waals surface area contributed by atoms with E-state index in [2.05, 4.69) is 23.1 Å². The minimum absolute atomic E-state index is 0.00357. The third-order valence-corrected chi connectivity index (χ3v) is 6.33. The lowest BCUT2D eigenvalue weighted by Crippen LogP contribution is -2.51. The number of nitriles is 1. The molecule has 3 rings (SSSR count). The van der Waals surface area contributed by atoms with Crippen LogP contribution >= 0.6 is 0 Å². The number of rotatable bonds is 9. The lowest BCUT2D eigenvalue weighted by Gasteiger charge is -2.35. The van der Waals surface area contributed by atoms with Crippen LogP contribution in [0.25, 0.3) is 0 Å². The molecule has 0 N–H and O–H groups in total. The van der Waals surface area contributed by atoms with E-state index in [9.17, 15) is 9.59 Å². The van der Waals surface area contributed by atoms with Crippen molar-refractivity contribution in [3.8, 4) is 6.07 Å². The normalized spacial score (nSPS) is 14.0. The monoisotopic (exact) mass is 446 g/mol. The van der Waals surface area contributed by atoms with Gasteiger partial charge in [-0.3, -0.25) is 14.5 Å². The molecule has 33 heavy (non-hydrogen) atoms. The fourth-order valence-corrected chi connectivity index (χ4v) is 4.13. The molecule has 1 heterocycles. The highest BCUT2D eigenvalue weighted by Gasteiger charge is 2.24. The van der Waals surface area contributed by atoms with Gasteiger partial charge in [-0.25, -0.2) is 0 Å². The summed E-state index contributed by atoms with van der Waals surface area (Å²) in [5.74, 6) is 0.193. The van der Waals surface area contributed by atoms with Crippen LogP contribution in [0.15, 0.2) is 48.5 Å². The molecule has 1 fully saturated rings. The maximum atomic E-state index is 13.1. The molecule has 0 unspecified atom stereocenters. The van der Waals surface area contributed by atoms with Gasteiger partial charge in [-0.1, -0.05) is 36.4 Å². The Labute approximate surface area is 197 Å². The molecular weight excluding hydrogens is 412 g/mol. The minimum atomic E-state index is -0.00357. The Balaban J connectivity index is 1.48. The minimum Gasteiger partial charge on any atom is -0.340 e. The molecular formula is C27H34N4O2. The molecule has 1 aliphatic heterocycles. The summed E-state index contributed by atoms with van der Waals surface area (Å²) in [6, 6.07) is 18.4. The number of hydrogen-bond donors (Lipinski definition) is 0. The Kier molecular flexibility index (Phi) is 9.03. The van der Waals surface area contributed by atoms with E-state index in [4.69, 9.17) is 5.26 Å². The van der Waals surface area contributed by atoms with E-state index in [1.807, 2.05) is 55.1 Å². The third kappa shape index (κ3) is 7.16. The Morgan fingerprint density at radius 2 is 1.73 bits per heavy atom. The first kappa shape index (κ1) is 24.5. The summed E-state index contributed by atoms with van der Waals surface area (Å²) < 4.78 is 0. The second-order valence-corrected chi connectivity index (χ2v) is 8.72. The molecule has 0 radical (unpaired) electrons. The SMILES string of the molecule is Cc1ccc(N(CCC#N)C(=O)CN2CCN(C(=O)CCCc3ccccc3)CC2)cc1C. The molecule has 6 heteroatoms. The topological polar surface area (TPSA) is 67.7 Å². The van der Waals surface area contributed by atoms with Crippen molar-refractivity contribution in [2.24, 2.45) is 0 Å². The Morgan fingerprint density at radius 1 is 1.00 bits per heavy atom. The number of nitrogens with zero attached hydrogens (tertiary/aromatic N) is 4. The number of carbonyl (C=O) groups excluding carboxylic acids is 2. The van der Waals surface area contributed by atoms with Crippen LogP contribution in [0.5, 0.6) is 0 Å². The molecule has 2 aromatic rings. The second-order valence-electron chi connectivity index (χ2n) is 8.72. The van der Waals surface area contributed by atoms with Crippen LogP contribution in [-0.2, 0) is 16.0 Å². The van der Waals surface area contributed by atoms with Crippen molar-refractivity contribution in [3.63, 3.8) is 0 Å². The summed E-state index contributed by atoms with van der Waals surface area (Å²) in [6.07, 6.45) is 2.62. The second kappa shape index (κ2) is 12.2. The summed E-state index contributed by atoms with van der Waals surface area (Å²) in [7, 11) is 0. The first-order valence-electron chi connectivity index (χ1n) is 11.8. The number of piperazine rings is 1. The smallest absolute Gasteiger partial charge is 0.241 e. The number of aryl methyl sites for hydroxylation is 3. The van der Waals surface area contributed by atoms with E-state index in [1.165, 1.54) is 11.1 Å². The molecule has 0 spiro atoms. The summed E-state index contributed by atoms with van der Waals surface area (Å²) in [6.45, 7) is 7.44. The van der Waals surface area contributed by atoms with Gasteiger partial charge in [-0.2, -0.15) is 5.26 Å². The van der Waals surface area contributed by atoms with Gasteiger partial charge in [0.15, 0.2) is 0 Å². The maximum Gasteiger partial charge on any atom is 0.241 e. The predicted molar refractivity (Wildman–Crippen MR) is 131 cm³/mol. The lowest BCUT2D eigenvalue weighted by molar-refractivity contribution is -0.133. The molecule has 0 aliphatic carbocycles. The van der Waals surface area contributed by atoms with Gasteiger partial charge in [-0.15, -0.1) is 0 Å². The molecule has 0 aromatic heterocycles. The van der Waals surface area contributed by atoms with Gasteiger partial charge in [0.2, 0.25) is 11.8 Å². The van der Waals surface area contributed by atoms with Gasteiger partial charge >= 0.3 is 0 Å². The molecule has 0 saturated carbocycles. The van der Waals surface area contributed by atoms with Crippen molar-refractivity contribution in [2.75, 3.05) is 44.2 Å². The van der Waals surface area contributed by atoms with Crippen LogP contribution in [0, 0.1) is 25.2 Å². The van der Waals surface area contributed by atoms with Crippen molar-refractivity contribution in [2.45, 2.75) is 39.5 Å². The van der Waals surface area contributed by atoms with Gasteiger partial charge < -0.3 is 9.80 Å². The predicted octanol–water partition coefficient (Wildman–Crippen LogP) is 3.72. The average molecular weight is 447 g/mol. The Morgan fingerprint density at radius 3 is 2.39 bits per heavy atom. The lowest BCUT2D eigenvalue weighted by atomic mass is 10.1. The van der Waals surface area contributed by atoms with Crippen molar-refractivity contribution in [3.05, 3.63) is 65.2 Å². The number of benzene rings is 2. The van der Waals surface area contributed by atoms with Crippen LogP contribution < -0.4 is 4.90 Å². The zero-order valence-electron chi connectivity index (χ0n) is 19.8. The highest BCUT2D eigenvalue weighted by atomic mass is 16.2. The van der Waals surface area contributed by atoms with E-state index < -0.39 is 0 Å². The summed E-state index contributed by atoms with van der Waals surface area (Å²) in [5, 5.41) is 9.04. The molecule has 2 amide bonds. The van der Waals surface area contributed by atoms with Gasteiger partial charge in [0.05, 0.1) is 19.0 Å². The van der Waals surface area contributed by atoms with E-state index in [0.717, 1.165) is 24.1 Å². The third-order valence-electron chi connectivity index (χ3n) is 6.33. The molecule has 0 atom stereocenters. The van der Waals surface area contributed by atoms with Crippen LogP contribution in [-0.4, -0.2) is 60.9 Å². The molecule has 6 nitrogen and oxygen atoms in total. The van der Waals surface area contributed by atoms with Crippen LogP contribution in [0.3, 0.4) is 0 Å². The van der Waals surface area contributed by atoms with Crippen molar-refractivity contribution < 1.29 is 9.59 Å². The Bertz CT molecular complexity index is 975. The average Bonchev–Trinajstić information content (AvgIpc) is 2.82. The number of anilines is 1. The fraction of sp³-hybridized carbons (Fsp3) is 0.444. The first-order chi connectivity index (χ1) is 16.0. The van der Waals surface area contributed by atoms with E-state index in [-0.39, 0.29) is 11.8 Å². The van der Waals surface area contributed by atoms with Crippen molar-refractivity contribution >= 4 is 17.5 Å². The molecule has 1 saturated heterocycles. The van der Waals surface area contributed by atoms with Gasteiger partial charge in [0, 0.05) is 44.8 Å². The first-order valence-corrected chi connectivity index (χ1v) is 11.8. The van der Waals surface area contributed by atoms with Crippen molar-refractivity contribution in [1.82, 2.24) is 9.80 Å². The summed E-state index contributed by atoms with van der Waals surface area (Å²) in [4.78, 5) is 31.4.